The van der Waals surface area contributed by atoms with Gasteiger partial charge in [0.2, 0.25) is 0 Å². The Morgan fingerprint density at radius 3 is 2.94 bits per heavy atom. The molecule has 3 heteroatoms. The monoisotopic (exact) mass is 237 g/mol. The van der Waals surface area contributed by atoms with Gasteiger partial charge in [0.05, 0.1) is 7.11 Å². The minimum Gasteiger partial charge on any atom is -0.496 e. The number of hydrogen-bond acceptors (Lipinski definition) is 2. The molecule has 2 nitrogen and oxygen atoms in total. The van der Waals surface area contributed by atoms with E-state index in [1.165, 1.54) is 0 Å². The first-order valence-corrected chi connectivity index (χ1v) is 6.19. The quantitative estimate of drug-likeness (QED) is 0.877. The maximum Gasteiger partial charge on any atom is 0.122 e. The van der Waals surface area contributed by atoms with Gasteiger partial charge >= 0.3 is 0 Å². The van der Waals surface area contributed by atoms with E-state index in [-0.39, 0.29) is 6.04 Å². The number of rotatable bonds is 3. The Labute approximate surface area is 102 Å². The van der Waals surface area contributed by atoms with Gasteiger partial charge in [-0.1, -0.05) is 18.2 Å². The van der Waals surface area contributed by atoms with Gasteiger partial charge in [0.1, 0.15) is 11.4 Å². The summed E-state index contributed by atoms with van der Waals surface area (Å²) in [6.45, 7) is 0. The zero-order valence-corrected chi connectivity index (χ0v) is 10.3. The highest BCUT2D eigenvalue weighted by atomic mass is 19.1. The third kappa shape index (κ3) is 2.97. The zero-order chi connectivity index (χ0) is 12.3. The van der Waals surface area contributed by atoms with E-state index in [4.69, 9.17) is 10.5 Å². The molecule has 0 aromatic heterocycles. The van der Waals surface area contributed by atoms with Crippen molar-refractivity contribution in [3.05, 3.63) is 29.8 Å². The van der Waals surface area contributed by atoms with Crippen molar-refractivity contribution in [2.24, 2.45) is 5.73 Å². The van der Waals surface area contributed by atoms with Crippen LogP contribution in [-0.2, 0) is 6.42 Å². The Balaban J connectivity index is 2.13. The number of hydrogen-bond donors (Lipinski definition) is 1. The van der Waals surface area contributed by atoms with Crippen LogP contribution >= 0.6 is 0 Å². The maximum atomic E-state index is 14.7. The van der Waals surface area contributed by atoms with Crippen LogP contribution in [0.15, 0.2) is 24.3 Å². The Hall–Kier alpha value is -1.09. The average molecular weight is 237 g/mol. The minimum absolute atomic E-state index is 0.00320. The first-order valence-electron chi connectivity index (χ1n) is 6.19. The lowest BCUT2D eigenvalue weighted by atomic mass is 9.79. The SMILES string of the molecule is COc1ccccc1CC1(F)CCCC(N)C1. The van der Waals surface area contributed by atoms with Gasteiger partial charge in [0, 0.05) is 12.5 Å². The largest absolute Gasteiger partial charge is 0.496 e. The number of para-hydroxylation sites is 1. The number of methoxy groups -OCH3 is 1. The molecular formula is C14H20FNO. The van der Waals surface area contributed by atoms with Crippen molar-refractivity contribution in [1.82, 2.24) is 0 Å². The normalized spacial score (nSPS) is 29.0. The van der Waals surface area contributed by atoms with Crippen LogP contribution in [0.2, 0.25) is 0 Å². The topological polar surface area (TPSA) is 35.2 Å². The summed E-state index contributed by atoms with van der Waals surface area (Å²) in [5, 5.41) is 0. The minimum atomic E-state index is -1.16. The van der Waals surface area contributed by atoms with Gasteiger partial charge in [0.25, 0.3) is 0 Å². The van der Waals surface area contributed by atoms with Crippen molar-refractivity contribution >= 4 is 0 Å². The third-order valence-corrected chi connectivity index (χ3v) is 3.53. The second-order valence-corrected chi connectivity index (χ2v) is 5.00. The first kappa shape index (κ1) is 12.4. The molecule has 0 heterocycles. The molecule has 17 heavy (non-hydrogen) atoms. The van der Waals surface area contributed by atoms with Gasteiger partial charge in [-0.3, -0.25) is 0 Å². The van der Waals surface area contributed by atoms with E-state index in [9.17, 15) is 4.39 Å². The maximum absolute atomic E-state index is 14.7. The number of benzene rings is 1. The standard InChI is InChI=1S/C14H20FNO/c1-17-13-7-3-2-5-11(13)9-14(15)8-4-6-12(16)10-14/h2-3,5,7,12H,4,6,8-10,16H2,1H3. The fourth-order valence-corrected chi connectivity index (χ4v) is 2.71. The van der Waals surface area contributed by atoms with E-state index in [0.717, 1.165) is 24.2 Å². The van der Waals surface area contributed by atoms with Crippen molar-refractivity contribution in [3.8, 4) is 5.75 Å². The molecule has 0 bridgehead atoms. The lowest BCUT2D eigenvalue weighted by molar-refractivity contribution is 0.0957. The molecule has 0 aliphatic heterocycles. The van der Waals surface area contributed by atoms with E-state index in [1.807, 2.05) is 24.3 Å². The van der Waals surface area contributed by atoms with E-state index >= 15 is 0 Å². The zero-order valence-electron chi connectivity index (χ0n) is 10.3. The summed E-state index contributed by atoms with van der Waals surface area (Å²) >= 11 is 0. The Bertz CT molecular complexity index is 382. The Morgan fingerprint density at radius 2 is 2.24 bits per heavy atom. The molecule has 1 aliphatic rings. The number of ether oxygens (including phenoxy) is 1. The number of nitrogens with two attached hydrogens (primary N) is 1. The van der Waals surface area contributed by atoms with Crippen molar-refractivity contribution < 1.29 is 9.13 Å². The van der Waals surface area contributed by atoms with Crippen LogP contribution in [0.25, 0.3) is 0 Å². The fraction of sp³-hybridized carbons (Fsp3) is 0.571. The van der Waals surface area contributed by atoms with Gasteiger partial charge < -0.3 is 10.5 Å². The molecular weight excluding hydrogens is 217 g/mol. The number of alkyl halides is 1. The van der Waals surface area contributed by atoms with E-state index in [2.05, 4.69) is 0 Å². The summed E-state index contributed by atoms with van der Waals surface area (Å²) in [7, 11) is 1.62. The van der Waals surface area contributed by atoms with Crippen molar-refractivity contribution in [1.29, 1.82) is 0 Å². The highest BCUT2D eigenvalue weighted by molar-refractivity contribution is 5.34. The highest BCUT2D eigenvalue weighted by Gasteiger charge is 2.35. The molecule has 0 radical (unpaired) electrons. The van der Waals surface area contributed by atoms with Crippen molar-refractivity contribution in [3.63, 3.8) is 0 Å². The van der Waals surface area contributed by atoms with E-state index in [0.29, 0.717) is 19.3 Å². The molecule has 0 spiro atoms. The molecule has 94 valence electrons. The summed E-state index contributed by atoms with van der Waals surface area (Å²) in [4.78, 5) is 0. The van der Waals surface area contributed by atoms with Crippen LogP contribution in [0.1, 0.15) is 31.2 Å². The first-order chi connectivity index (χ1) is 8.13. The molecule has 0 saturated heterocycles. The average Bonchev–Trinajstić information content (AvgIpc) is 2.29. The van der Waals surface area contributed by atoms with Crippen LogP contribution in [-0.4, -0.2) is 18.8 Å². The van der Waals surface area contributed by atoms with Crippen LogP contribution < -0.4 is 10.5 Å². The molecule has 1 aromatic carbocycles. The van der Waals surface area contributed by atoms with Crippen molar-refractivity contribution in [2.75, 3.05) is 7.11 Å². The molecule has 1 saturated carbocycles. The molecule has 1 fully saturated rings. The lowest BCUT2D eigenvalue weighted by Gasteiger charge is -2.33. The second kappa shape index (κ2) is 5.05. The molecule has 1 aromatic rings. The fourth-order valence-electron chi connectivity index (χ4n) is 2.71. The summed E-state index contributed by atoms with van der Waals surface area (Å²) in [6, 6.07) is 7.63. The molecule has 2 atom stereocenters. The summed E-state index contributed by atoms with van der Waals surface area (Å²) in [5.74, 6) is 0.767. The molecule has 2 rings (SSSR count). The van der Waals surface area contributed by atoms with Gasteiger partial charge in [-0.15, -0.1) is 0 Å². The molecule has 1 aliphatic carbocycles. The second-order valence-electron chi connectivity index (χ2n) is 5.00. The van der Waals surface area contributed by atoms with Gasteiger partial charge in [-0.2, -0.15) is 0 Å². The highest BCUT2D eigenvalue weighted by Crippen LogP contribution is 2.36. The smallest absolute Gasteiger partial charge is 0.122 e. The predicted molar refractivity (Wildman–Crippen MR) is 67.0 cm³/mol. The summed E-state index contributed by atoms with van der Waals surface area (Å²) in [6.07, 6.45) is 3.30. The van der Waals surface area contributed by atoms with E-state index in [1.54, 1.807) is 7.11 Å². The van der Waals surface area contributed by atoms with Crippen molar-refractivity contribution in [2.45, 2.75) is 43.8 Å². The number of halogens is 1. The Morgan fingerprint density at radius 1 is 1.47 bits per heavy atom. The predicted octanol–water partition coefficient (Wildman–Crippen LogP) is 2.85. The van der Waals surface area contributed by atoms with Crippen LogP contribution in [0.3, 0.4) is 0 Å². The van der Waals surface area contributed by atoms with Gasteiger partial charge in [-0.05, 0) is 37.3 Å². The lowest BCUT2D eigenvalue weighted by Crippen LogP contribution is -2.39. The van der Waals surface area contributed by atoms with Crippen LogP contribution in [0.5, 0.6) is 5.75 Å². The molecule has 2 unspecified atom stereocenters. The van der Waals surface area contributed by atoms with Gasteiger partial charge in [-0.25, -0.2) is 4.39 Å². The summed E-state index contributed by atoms with van der Waals surface area (Å²) < 4.78 is 20.0. The third-order valence-electron chi connectivity index (χ3n) is 3.53. The van der Waals surface area contributed by atoms with Gasteiger partial charge in [0.15, 0.2) is 0 Å². The molecule has 2 N–H and O–H groups in total. The van der Waals surface area contributed by atoms with E-state index < -0.39 is 5.67 Å². The van der Waals surface area contributed by atoms with Crippen LogP contribution in [0, 0.1) is 0 Å². The Kier molecular flexibility index (Phi) is 3.67. The van der Waals surface area contributed by atoms with Crippen LogP contribution in [0.4, 0.5) is 4.39 Å². The summed E-state index contributed by atoms with van der Waals surface area (Å²) in [5.41, 5.74) is 5.64. The molecule has 0 amide bonds.